The molecule has 2 aromatic rings. The Morgan fingerprint density at radius 3 is 3.00 bits per heavy atom. The van der Waals surface area contributed by atoms with E-state index >= 15 is 0 Å². The molecule has 2 rings (SSSR count). The minimum atomic E-state index is -0.348. The lowest BCUT2D eigenvalue weighted by atomic mass is 10.3. The Balaban J connectivity index is 1.99. The van der Waals surface area contributed by atoms with Crippen LogP contribution in [0.4, 0.5) is 10.2 Å². The van der Waals surface area contributed by atoms with Crippen molar-refractivity contribution in [1.82, 2.24) is 4.98 Å². The Bertz CT molecular complexity index is 456. The fourth-order valence-corrected chi connectivity index (χ4v) is 1.09. The fraction of sp³-hybridized carbons (Fsp3) is 0.100. The number of rotatable bonds is 3. The zero-order chi connectivity index (χ0) is 10.7. The second kappa shape index (κ2) is 4.00. The number of oxazole rings is 1. The van der Waals surface area contributed by atoms with Crippen LogP contribution in [0.25, 0.3) is 0 Å². The summed E-state index contributed by atoms with van der Waals surface area (Å²) >= 11 is 0. The van der Waals surface area contributed by atoms with Crippen molar-refractivity contribution in [3.63, 3.8) is 0 Å². The van der Waals surface area contributed by atoms with E-state index in [1.165, 1.54) is 18.4 Å². The van der Waals surface area contributed by atoms with Crippen molar-refractivity contribution < 1.29 is 13.5 Å². The number of nitrogens with zero attached hydrogens (tertiary/aromatic N) is 1. The van der Waals surface area contributed by atoms with Crippen molar-refractivity contribution in [1.29, 1.82) is 0 Å². The molecule has 1 heterocycles. The van der Waals surface area contributed by atoms with Gasteiger partial charge in [-0.25, -0.2) is 4.39 Å². The molecule has 0 aliphatic rings. The predicted molar refractivity (Wildman–Crippen MR) is 51.6 cm³/mol. The Morgan fingerprint density at radius 2 is 2.33 bits per heavy atom. The molecule has 0 bridgehead atoms. The number of aromatic nitrogens is 1. The molecule has 1 aromatic heterocycles. The molecule has 0 aliphatic heterocycles. The maximum absolute atomic E-state index is 12.8. The van der Waals surface area contributed by atoms with Crippen LogP contribution in [0.5, 0.6) is 5.75 Å². The Hall–Kier alpha value is -2.04. The summed E-state index contributed by atoms with van der Waals surface area (Å²) in [6.07, 6.45) is 1.32. The second-order valence-corrected chi connectivity index (χ2v) is 2.91. The molecule has 0 aliphatic carbocycles. The molecular weight excluding hydrogens is 199 g/mol. The highest BCUT2D eigenvalue weighted by Crippen LogP contribution is 2.14. The average molecular weight is 208 g/mol. The van der Waals surface area contributed by atoms with E-state index in [4.69, 9.17) is 14.9 Å². The van der Waals surface area contributed by atoms with E-state index in [-0.39, 0.29) is 12.4 Å². The first-order valence-electron chi connectivity index (χ1n) is 4.32. The van der Waals surface area contributed by atoms with E-state index in [0.29, 0.717) is 17.5 Å². The number of ether oxygens (including phenoxy) is 1. The highest BCUT2D eigenvalue weighted by molar-refractivity contribution is 5.23. The van der Waals surface area contributed by atoms with Crippen LogP contribution in [0.15, 0.2) is 34.9 Å². The molecule has 78 valence electrons. The van der Waals surface area contributed by atoms with Crippen LogP contribution >= 0.6 is 0 Å². The molecular formula is C10H9FN2O2. The van der Waals surface area contributed by atoms with Gasteiger partial charge >= 0.3 is 0 Å². The van der Waals surface area contributed by atoms with Crippen molar-refractivity contribution >= 4 is 5.82 Å². The molecule has 1 aromatic carbocycles. The molecule has 0 atom stereocenters. The molecule has 0 radical (unpaired) electrons. The van der Waals surface area contributed by atoms with Crippen molar-refractivity contribution in [2.45, 2.75) is 6.61 Å². The highest BCUT2D eigenvalue weighted by Gasteiger charge is 2.02. The standard InChI is InChI=1S/C10H9FN2O2/c11-7-2-1-3-8(4-7)14-6-10-13-9(12)5-15-10/h1-5H,6,12H2. The Morgan fingerprint density at radius 1 is 1.47 bits per heavy atom. The number of benzene rings is 1. The topological polar surface area (TPSA) is 61.3 Å². The van der Waals surface area contributed by atoms with E-state index in [9.17, 15) is 4.39 Å². The molecule has 0 saturated carbocycles. The minimum Gasteiger partial charge on any atom is -0.484 e. The number of halogens is 1. The zero-order valence-electron chi connectivity index (χ0n) is 7.81. The third kappa shape index (κ3) is 2.46. The van der Waals surface area contributed by atoms with Crippen molar-refractivity contribution in [2.24, 2.45) is 0 Å². The quantitative estimate of drug-likeness (QED) is 0.837. The van der Waals surface area contributed by atoms with E-state index < -0.39 is 0 Å². The number of hydrogen-bond acceptors (Lipinski definition) is 4. The summed E-state index contributed by atoms with van der Waals surface area (Å²) in [6.45, 7) is 0.126. The van der Waals surface area contributed by atoms with Gasteiger partial charge in [0.15, 0.2) is 12.4 Å². The summed E-state index contributed by atoms with van der Waals surface area (Å²) in [4.78, 5) is 3.84. The highest BCUT2D eigenvalue weighted by atomic mass is 19.1. The van der Waals surface area contributed by atoms with Crippen molar-refractivity contribution in [3.05, 3.63) is 42.2 Å². The van der Waals surface area contributed by atoms with E-state index in [1.807, 2.05) is 0 Å². The summed E-state index contributed by atoms with van der Waals surface area (Å²) in [6, 6.07) is 5.84. The van der Waals surface area contributed by atoms with Crippen LogP contribution in [0.2, 0.25) is 0 Å². The normalized spacial score (nSPS) is 10.2. The molecule has 0 spiro atoms. The molecule has 0 saturated heterocycles. The van der Waals surface area contributed by atoms with Crippen LogP contribution in [-0.2, 0) is 6.61 Å². The van der Waals surface area contributed by atoms with Gasteiger partial charge in [-0.3, -0.25) is 0 Å². The van der Waals surface area contributed by atoms with E-state index in [1.54, 1.807) is 12.1 Å². The first-order chi connectivity index (χ1) is 7.24. The SMILES string of the molecule is Nc1coc(COc2cccc(F)c2)n1. The maximum Gasteiger partial charge on any atom is 0.234 e. The van der Waals surface area contributed by atoms with Gasteiger partial charge in [0.25, 0.3) is 0 Å². The Labute approximate surface area is 85.5 Å². The average Bonchev–Trinajstić information content (AvgIpc) is 2.62. The molecule has 2 N–H and O–H groups in total. The van der Waals surface area contributed by atoms with Crippen LogP contribution in [0.3, 0.4) is 0 Å². The first kappa shape index (κ1) is 9.51. The predicted octanol–water partition coefficient (Wildman–Crippen LogP) is 1.97. The number of nitrogen functional groups attached to an aromatic ring is 1. The Kier molecular flexibility index (Phi) is 2.53. The maximum atomic E-state index is 12.8. The largest absolute Gasteiger partial charge is 0.484 e. The van der Waals surface area contributed by atoms with Gasteiger partial charge < -0.3 is 14.9 Å². The lowest BCUT2D eigenvalue weighted by Gasteiger charge is -2.02. The van der Waals surface area contributed by atoms with Crippen molar-refractivity contribution in [2.75, 3.05) is 5.73 Å². The fourth-order valence-electron chi connectivity index (χ4n) is 1.09. The van der Waals surface area contributed by atoms with Gasteiger partial charge in [0.1, 0.15) is 17.8 Å². The molecule has 5 heteroatoms. The summed E-state index contributed by atoms with van der Waals surface area (Å²) in [7, 11) is 0. The molecule has 15 heavy (non-hydrogen) atoms. The minimum absolute atomic E-state index is 0.126. The van der Waals surface area contributed by atoms with E-state index in [0.717, 1.165) is 0 Å². The van der Waals surface area contributed by atoms with Gasteiger partial charge in [0.2, 0.25) is 5.89 Å². The van der Waals surface area contributed by atoms with Gasteiger partial charge in [-0.1, -0.05) is 6.07 Å². The summed E-state index contributed by atoms with van der Waals surface area (Å²) in [5.41, 5.74) is 5.35. The third-order valence-corrected chi connectivity index (χ3v) is 1.73. The molecule has 0 amide bonds. The number of hydrogen-bond donors (Lipinski definition) is 1. The van der Waals surface area contributed by atoms with Gasteiger partial charge in [-0.15, -0.1) is 0 Å². The van der Waals surface area contributed by atoms with Crippen molar-refractivity contribution in [3.8, 4) is 5.75 Å². The van der Waals surface area contributed by atoms with Crippen LogP contribution < -0.4 is 10.5 Å². The van der Waals surface area contributed by atoms with Crippen LogP contribution in [0.1, 0.15) is 5.89 Å². The summed E-state index contributed by atoms with van der Waals surface area (Å²) in [5, 5.41) is 0. The zero-order valence-corrected chi connectivity index (χ0v) is 7.81. The monoisotopic (exact) mass is 208 g/mol. The van der Waals surface area contributed by atoms with Crippen LogP contribution in [0, 0.1) is 5.82 Å². The molecule has 0 unspecified atom stereocenters. The van der Waals surface area contributed by atoms with Gasteiger partial charge in [0, 0.05) is 6.07 Å². The first-order valence-corrected chi connectivity index (χ1v) is 4.32. The van der Waals surface area contributed by atoms with Gasteiger partial charge in [-0.2, -0.15) is 4.98 Å². The smallest absolute Gasteiger partial charge is 0.234 e. The third-order valence-electron chi connectivity index (χ3n) is 1.73. The van der Waals surface area contributed by atoms with Gasteiger partial charge in [-0.05, 0) is 12.1 Å². The number of anilines is 1. The summed E-state index contributed by atoms with van der Waals surface area (Å²) < 4.78 is 23.0. The number of nitrogens with two attached hydrogens (primary N) is 1. The second-order valence-electron chi connectivity index (χ2n) is 2.91. The molecule has 0 fully saturated rings. The van der Waals surface area contributed by atoms with Gasteiger partial charge in [0.05, 0.1) is 0 Å². The summed E-state index contributed by atoms with van der Waals surface area (Å²) in [5.74, 6) is 0.732. The molecule has 4 nitrogen and oxygen atoms in total. The lowest BCUT2D eigenvalue weighted by molar-refractivity contribution is 0.262. The van der Waals surface area contributed by atoms with E-state index in [2.05, 4.69) is 4.98 Å². The lowest BCUT2D eigenvalue weighted by Crippen LogP contribution is -1.96. The van der Waals surface area contributed by atoms with Crippen LogP contribution in [-0.4, -0.2) is 4.98 Å².